The summed E-state index contributed by atoms with van der Waals surface area (Å²) in [6.45, 7) is 0. The van der Waals surface area contributed by atoms with Crippen LogP contribution in [0.5, 0.6) is 0 Å². The van der Waals surface area contributed by atoms with E-state index < -0.39 is 34.4 Å². The van der Waals surface area contributed by atoms with E-state index in [9.17, 15) is 18.0 Å². The van der Waals surface area contributed by atoms with Gasteiger partial charge in [-0.05, 0) is 0 Å². The molecule has 0 aliphatic heterocycles. The highest BCUT2D eigenvalue weighted by atomic mass is 32.2. The van der Waals surface area contributed by atoms with Crippen LogP contribution in [0.25, 0.3) is 0 Å². The van der Waals surface area contributed by atoms with E-state index in [0.717, 1.165) is 12.4 Å². The lowest BCUT2D eigenvalue weighted by atomic mass is 10.2. The molecule has 0 saturated carbocycles. The summed E-state index contributed by atoms with van der Waals surface area (Å²) in [6.07, 6.45) is 1.45. The molecule has 0 fully saturated rings. The van der Waals surface area contributed by atoms with Gasteiger partial charge in [-0.1, -0.05) is 0 Å². The van der Waals surface area contributed by atoms with Crippen LogP contribution >= 0.6 is 0 Å². The van der Waals surface area contributed by atoms with Crippen molar-refractivity contribution < 1.29 is 23.1 Å². The van der Waals surface area contributed by atoms with Crippen LogP contribution < -0.4 is 10.5 Å². The minimum Gasteiger partial charge on any atom is -0.480 e. The Morgan fingerprint density at radius 2 is 2.24 bits per heavy atom. The molecule has 0 saturated heterocycles. The molecule has 1 aromatic heterocycles. The zero-order chi connectivity index (χ0) is 13.1. The number of rotatable bonds is 6. The zero-order valence-electron chi connectivity index (χ0n) is 8.45. The number of primary amides is 1. The third kappa shape index (κ3) is 3.53. The molecular weight excluding hydrogens is 252 g/mol. The summed E-state index contributed by atoms with van der Waals surface area (Å²) in [6, 6.07) is -1.60. The number of carboxylic acids is 1. The van der Waals surface area contributed by atoms with Gasteiger partial charge in [0.1, 0.15) is 10.9 Å². The number of aromatic nitrogens is 2. The number of nitrogens with one attached hydrogen (secondary N) is 2. The number of carbonyl (C=O) groups excluding carboxylic acids is 1. The first-order valence-electron chi connectivity index (χ1n) is 4.35. The fourth-order valence-electron chi connectivity index (χ4n) is 1.02. The third-order valence-electron chi connectivity index (χ3n) is 1.78. The number of nitrogens with zero attached hydrogens (tertiary/aromatic N) is 1. The molecule has 1 heterocycles. The maximum Gasteiger partial charge on any atom is 0.322 e. The van der Waals surface area contributed by atoms with E-state index in [1.165, 1.54) is 0 Å². The number of carbonyl (C=O) groups is 2. The van der Waals surface area contributed by atoms with Gasteiger partial charge in [0.25, 0.3) is 0 Å². The maximum absolute atomic E-state index is 11.6. The highest BCUT2D eigenvalue weighted by molar-refractivity contribution is 7.89. The van der Waals surface area contributed by atoms with Crippen molar-refractivity contribution in [3.63, 3.8) is 0 Å². The van der Waals surface area contributed by atoms with Gasteiger partial charge < -0.3 is 10.8 Å². The Kier molecular flexibility index (Phi) is 3.81. The van der Waals surface area contributed by atoms with Crippen LogP contribution in [0.3, 0.4) is 0 Å². The third-order valence-corrected chi connectivity index (χ3v) is 3.22. The molecule has 1 aromatic rings. The lowest BCUT2D eigenvalue weighted by molar-refractivity contribution is -0.140. The summed E-state index contributed by atoms with van der Waals surface area (Å²) in [5.74, 6) is -2.41. The van der Waals surface area contributed by atoms with Crippen molar-refractivity contribution in [3.8, 4) is 0 Å². The standard InChI is InChI=1S/C7H10N4O5S/c8-6(12)1-5(7(13)14)11-17(15,16)4-2-9-10-3-4/h2-3,5,11H,1H2,(H2,8,12)(H,9,10)(H,13,14)/t5-/m1/s1. The van der Waals surface area contributed by atoms with E-state index >= 15 is 0 Å². The predicted molar refractivity (Wildman–Crippen MR) is 54.1 cm³/mol. The van der Waals surface area contributed by atoms with E-state index in [1.807, 2.05) is 4.72 Å². The lowest BCUT2D eigenvalue weighted by Crippen LogP contribution is -2.43. The number of nitrogens with two attached hydrogens (primary N) is 1. The van der Waals surface area contributed by atoms with Gasteiger partial charge in [-0.15, -0.1) is 0 Å². The normalized spacial score (nSPS) is 13.2. The van der Waals surface area contributed by atoms with Crippen LogP contribution in [0, 0.1) is 0 Å². The minimum atomic E-state index is -4.04. The molecule has 0 unspecified atom stereocenters. The molecule has 10 heteroatoms. The Balaban J connectivity index is 2.87. The minimum absolute atomic E-state index is 0.228. The largest absolute Gasteiger partial charge is 0.480 e. The van der Waals surface area contributed by atoms with Gasteiger partial charge in [-0.3, -0.25) is 14.7 Å². The maximum atomic E-state index is 11.6. The van der Waals surface area contributed by atoms with Gasteiger partial charge in [0.15, 0.2) is 0 Å². The Morgan fingerprint density at radius 3 is 2.65 bits per heavy atom. The molecule has 1 atom stereocenters. The number of aromatic amines is 1. The van der Waals surface area contributed by atoms with Crippen LogP contribution in [0.1, 0.15) is 6.42 Å². The molecule has 1 amide bonds. The second-order valence-corrected chi connectivity index (χ2v) is 4.83. The lowest BCUT2D eigenvalue weighted by Gasteiger charge is -2.11. The molecular formula is C7H10N4O5S. The van der Waals surface area contributed by atoms with E-state index in [4.69, 9.17) is 10.8 Å². The summed E-state index contributed by atoms with van der Waals surface area (Å²) in [7, 11) is -4.04. The van der Waals surface area contributed by atoms with Gasteiger partial charge in [0.2, 0.25) is 15.9 Å². The molecule has 0 bridgehead atoms. The average molecular weight is 262 g/mol. The van der Waals surface area contributed by atoms with Crippen LogP contribution in [0.4, 0.5) is 0 Å². The molecule has 0 radical (unpaired) electrons. The summed E-state index contributed by atoms with van der Waals surface area (Å²) in [4.78, 5) is 21.1. The Hall–Kier alpha value is -1.94. The number of sulfonamides is 1. The number of aliphatic carboxylic acids is 1. The fourth-order valence-corrected chi connectivity index (χ4v) is 2.12. The Morgan fingerprint density at radius 1 is 1.59 bits per heavy atom. The molecule has 9 nitrogen and oxygen atoms in total. The molecule has 1 rings (SSSR count). The highest BCUT2D eigenvalue weighted by Crippen LogP contribution is 2.06. The number of H-pyrrole nitrogens is 1. The van der Waals surface area contributed by atoms with Gasteiger partial charge >= 0.3 is 5.97 Å². The first kappa shape index (κ1) is 13.1. The average Bonchev–Trinajstić information content (AvgIpc) is 2.68. The summed E-state index contributed by atoms with van der Waals surface area (Å²) in [5.41, 5.74) is 4.81. The number of carboxylic acid groups (broad SMARTS) is 1. The molecule has 5 N–H and O–H groups in total. The van der Waals surface area contributed by atoms with Crippen molar-refractivity contribution >= 4 is 21.9 Å². The van der Waals surface area contributed by atoms with E-state index in [2.05, 4.69) is 10.2 Å². The van der Waals surface area contributed by atoms with Crippen LogP contribution in [-0.2, 0) is 19.6 Å². The fraction of sp³-hybridized carbons (Fsp3) is 0.286. The van der Waals surface area contributed by atoms with E-state index in [0.29, 0.717) is 0 Å². The molecule has 0 aliphatic rings. The molecule has 0 aromatic carbocycles. The molecule has 0 spiro atoms. The van der Waals surface area contributed by atoms with Crippen molar-refractivity contribution in [1.29, 1.82) is 0 Å². The van der Waals surface area contributed by atoms with E-state index in [1.54, 1.807) is 0 Å². The Labute approximate surface area is 96.1 Å². The highest BCUT2D eigenvalue weighted by Gasteiger charge is 2.27. The van der Waals surface area contributed by atoms with Gasteiger partial charge in [0, 0.05) is 6.20 Å². The quantitative estimate of drug-likeness (QED) is 0.465. The van der Waals surface area contributed by atoms with Crippen LogP contribution in [0.15, 0.2) is 17.3 Å². The zero-order valence-corrected chi connectivity index (χ0v) is 9.27. The van der Waals surface area contributed by atoms with Crippen molar-refractivity contribution in [3.05, 3.63) is 12.4 Å². The van der Waals surface area contributed by atoms with Crippen LogP contribution in [-0.4, -0.2) is 41.6 Å². The van der Waals surface area contributed by atoms with Crippen molar-refractivity contribution in [2.24, 2.45) is 5.73 Å². The second kappa shape index (κ2) is 4.93. The van der Waals surface area contributed by atoms with Gasteiger partial charge in [-0.25, -0.2) is 8.42 Å². The summed E-state index contributed by atoms with van der Waals surface area (Å²) < 4.78 is 25.0. The number of amides is 1. The monoisotopic (exact) mass is 262 g/mol. The molecule has 94 valence electrons. The van der Waals surface area contributed by atoms with Crippen molar-refractivity contribution in [2.75, 3.05) is 0 Å². The predicted octanol–water partition coefficient (Wildman–Crippen LogP) is -1.98. The molecule has 0 aliphatic carbocycles. The van der Waals surface area contributed by atoms with Gasteiger partial charge in [0.05, 0.1) is 12.6 Å². The summed E-state index contributed by atoms with van der Waals surface area (Å²) in [5, 5.41) is 14.4. The smallest absolute Gasteiger partial charge is 0.322 e. The van der Waals surface area contributed by atoms with E-state index in [-0.39, 0.29) is 4.90 Å². The van der Waals surface area contributed by atoms with Crippen molar-refractivity contribution in [2.45, 2.75) is 17.4 Å². The number of hydrogen-bond donors (Lipinski definition) is 4. The number of hydrogen-bond acceptors (Lipinski definition) is 5. The second-order valence-electron chi connectivity index (χ2n) is 3.12. The molecule has 17 heavy (non-hydrogen) atoms. The summed E-state index contributed by atoms with van der Waals surface area (Å²) >= 11 is 0. The Bertz CT molecular complexity index is 508. The topological polar surface area (TPSA) is 155 Å². The van der Waals surface area contributed by atoms with Crippen molar-refractivity contribution in [1.82, 2.24) is 14.9 Å². The van der Waals surface area contributed by atoms with Gasteiger partial charge in [-0.2, -0.15) is 9.82 Å². The SMILES string of the molecule is NC(=O)C[C@@H](NS(=O)(=O)c1cn[nH]c1)C(=O)O. The first-order valence-corrected chi connectivity index (χ1v) is 5.83. The first-order chi connectivity index (χ1) is 7.83. The van der Waals surface area contributed by atoms with Crippen LogP contribution in [0.2, 0.25) is 0 Å².